The van der Waals surface area contributed by atoms with E-state index in [0.717, 1.165) is 6.07 Å². The highest BCUT2D eigenvalue weighted by atomic mass is 19.4. The average molecular weight is 362 g/mol. The Morgan fingerprint density at radius 3 is 2.69 bits per heavy atom. The molecule has 0 saturated carbocycles. The monoisotopic (exact) mass is 362 g/mol. The third-order valence-electron chi connectivity index (χ3n) is 3.11. The molecule has 134 valence electrons. The molecule has 8 heteroatoms. The number of aliphatic imine (C=N–C) groups is 1. The number of alkyl halides is 3. The number of pyridine rings is 1. The van der Waals surface area contributed by atoms with Gasteiger partial charge in [0, 0.05) is 31.2 Å². The van der Waals surface area contributed by atoms with Gasteiger partial charge in [0.15, 0.2) is 0 Å². The number of nitrogens with zero attached hydrogens (tertiary/aromatic N) is 2. The molecule has 0 radical (unpaired) electrons. The fraction of sp³-hybridized carbons (Fsp3) is 0.111. The van der Waals surface area contributed by atoms with Crippen LogP contribution in [0.2, 0.25) is 0 Å². The molecule has 0 bridgehead atoms. The van der Waals surface area contributed by atoms with E-state index in [1.54, 1.807) is 7.05 Å². The van der Waals surface area contributed by atoms with Crippen LogP contribution in [0.5, 0.6) is 0 Å². The summed E-state index contributed by atoms with van der Waals surface area (Å²) in [6, 6.07) is 3.65. The van der Waals surface area contributed by atoms with E-state index >= 15 is 0 Å². The van der Waals surface area contributed by atoms with Crippen molar-refractivity contribution >= 4 is 17.6 Å². The number of nitrogens with two attached hydrogens (primary N) is 1. The summed E-state index contributed by atoms with van der Waals surface area (Å²) in [7, 11) is 1.57. The van der Waals surface area contributed by atoms with E-state index in [4.69, 9.17) is 5.73 Å². The van der Waals surface area contributed by atoms with E-state index in [0.29, 0.717) is 23.3 Å². The molecule has 2 aromatic rings. The van der Waals surface area contributed by atoms with E-state index in [1.165, 1.54) is 30.9 Å². The molecule has 0 amide bonds. The van der Waals surface area contributed by atoms with Gasteiger partial charge in [0.1, 0.15) is 5.82 Å². The summed E-state index contributed by atoms with van der Waals surface area (Å²) >= 11 is 0. The molecule has 0 saturated heterocycles. The molecule has 1 aromatic carbocycles. The van der Waals surface area contributed by atoms with Gasteiger partial charge >= 0.3 is 6.18 Å². The molecule has 0 aliphatic rings. The molecule has 0 atom stereocenters. The van der Waals surface area contributed by atoms with Crippen molar-refractivity contribution in [1.82, 2.24) is 4.98 Å². The zero-order chi connectivity index (χ0) is 19.2. The summed E-state index contributed by atoms with van der Waals surface area (Å²) in [5.74, 6) is 4.74. The minimum Gasteiger partial charge on any atom is -0.404 e. The van der Waals surface area contributed by atoms with E-state index in [9.17, 15) is 17.6 Å². The number of benzene rings is 1. The van der Waals surface area contributed by atoms with Crippen LogP contribution in [0.4, 0.5) is 28.9 Å². The Morgan fingerprint density at radius 1 is 1.27 bits per heavy atom. The number of anilines is 2. The van der Waals surface area contributed by atoms with Crippen molar-refractivity contribution in [3.8, 4) is 11.8 Å². The molecular formula is C18H14F4N4. The molecular weight excluding hydrogens is 348 g/mol. The molecule has 1 heterocycles. The first-order chi connectivity index (χ1) is 12.3. The first-order valence-corrected chi connectivity index (χ1v) is 7.28. The number of hydrogen-bond acceptors (Lipinski definition) is 4. The minimum absolute atomic E-state index is 0.289. The summed E-state index contributed by atoms with van der Waals surface area (Å²) in [5, 5.41) is 2.58. The Labute approximate surface area is 147 Å². The summed E-state index contributed by atoms with van der Waals surface area (Å²) < 4.78 is 52.1. The van der Waals surface area contributed by atoms with Crippen molar-refractivity contribution in [2.24, 2.45) is 10.7 Å². The second kappa shape index (κ2) is 8.16. The normalized spacial score (nSPS) is 12.0. The Kier molecular flexibility index (Phi) is 5.96. The number of allylic oxidation sites excluding steroid dienone is 1. The van der Waals surface area contributed by atoms with Crippen molar-refractivity contribution in [3.63, 3.8) is 0 Å². The first kappa shape index (κ1) is 19.0. The number of aromatic nitrogens is 1. The van der Waals surface area contributed by atoms with Crippen LogP contribution in [0.3, 0.4) is 0 Å². The van der Waals surface area contributed by atoms with E-state index in [2.05, 4.69) is 27.1 Å². The molecule has 2 rings (SSSR count). The SMILES string of the molecule is CN=CC(C#Cc1cncc(Nc2cc(C(F)(F)F)ccc2F)c1)=CN. The Bertz CT molecular complexity index is 905. The minimum atomic E-state index is -4.57. The van der Waals surface area contributed by atoms with Crippen LogP contribution in [0, 0.1) is 17.7 Å². The molecule has 1 aromatic heterocycles. The van der Waals surface area contributed by atoms with Crippen molar-refractivity contribution in [2.45, 2.75) is 6.18 Å². The summed E-state index contributed by atoms with van der Waals surface area (Å²) in [6.45, 7) is 0. The second-order valence-electron chi connectivity index (χ2n) is 5.04. The highest BCUT2D eigenvalue weighted by Crippen LogP contribution is 2.32. The molecule has 26 heavy (non-hydrogen) atoms. The van der Waals surface area contributed by atoms with E-state index < -0.39 is 17.6 Å². The van der Waals surface area contributed by atoms with Gasteiger partial charge in [-0.25, -0.2) is 4.39 Å². The van der Waals surface area contributed by atoms with Crippen LogP contribution in [-0.4, -0.2) is 18.2 Å². The molecule has 0 aliphatic carbocycles. The zero-order valence-corrected chi connectivity index (χ0v) is 13.6. The van der Waals surface area contributed by atoms with Crippen LogP contribution in [-0.2, 0) is 6.18 Å². The van der Waals surface area contributed by atoms with Gasteiger partial charge in [-0.1, -0.05) is 11.8 Å². The van der Waals surface area contributed by atoms with Gasteiger partial charge < -0.3 is 11.1 Å². The lowest BCUT2D eigenvalue weighted by atomic mass is 10.1. The van der Waals surface area contributed by atoms with Gasteiger partial charge in [-0.2, -0.15) is 13.2 Å². The fourth-order valence-electron chi connectivity index (χ4n) is 1.93. The van der Waals surface area contributed by atoms with Gasteiger partial charge in [0.25, 0.3) is 0 Å². The largest absolute Gasteiger partial charge is 0.416 e. The molecule has 0 spiro atoms. The molecule has 0 aliphatic heterocycles. The van der Waals surface area contributed by atoms with Gasteiger partial charge in [-0.3, -0.25) is 9.98 Å². The fourth-order valence-corrected chi connectivity index (χ4v) is 1.93. The Hall–Kier alpha value is -3.34. The standard InChI is InChI=1S/C18H14F4N4/c1-24-9-13(8-23)3-2-12-6-15(11-25-10-12)26-17-7-14(18(20,21)22)4-5-16(17)19/h4-11,26H,23H2,1H3. The number of rotatable bonds is 3. The van der Waals surface area contributed by atoms with Crippen LogP contribution >= 0.6 is 0 Å². The van der Waals surface area contributed by atoms with Gasteiger partial charge in [0.2, 0.25) is 0 Å². The maximum Gasteiger partial charge on any atom is 0.416 e. The van der Waals surface area contributed by atoms with Crippen LogP contribution in [0.15, 0.2) is 53.4 Å². The predicted octanol–water partition coefficient (Wildman–Crippen LogP) is 3.88. The summed E-state index contributed by atoms with van der Waals surface area (Å²) in [4.78, 5) is 7.73. The quantitative estimate of drug-likeness (QED) is 0.495. The Morgan fingerprint density at radius 2 is 2.04 bits per heavy atom. The number of hydrogen-bond donors (Lipinski definition) is 2. The number of halogens is 4. The van der Waals surface area contributed by atoms with Crippen LogP contribution in [0.1, 0.15) is 11.1 Å². The van der Waals surface area contributed by atoms with E-state index in [1.807, 2.05) is 0 Å². The maximum absolute atomic E-state index is 13.8. The molecule has 3 N–H and O–H groups in total. The van der Waals surface area contributed by atoms with Crippen molar-refractivity contribution in [2.75, 3.05) is 12.4 Å². The van der Waals surface area contributed by atoms with Crippen molar-refractivity contribution < 1.29 is 17.6 Å². The predicted molar refractivity (Wildman–Crippen MR) is 92.5 cm³/mol. The lowest BCUT2D eigenvalue weighted by molar-refractivity contribution is -0.137. The van der Waals surface area contributed by atoms with Crippen LogP contribution in [0.25, 0.3) is 0 Å². The topological polar surface area (TPSA) is 63.3 Å². The lowest BCUT2D eigenvalue weighted by Gasteiger charge is -2.11. The van der Waals surface area contributed by atoms with Crippen molar-refractivity contribution in [3.05, 3.63) is 65.4 Å². The van der Waals surface area contributed by atoms with Gasteiger partial charge in [0.05, 0.1) is 28.7 Å². The summed E-state index contributed by atoms with van der Waals surface area (Å²) in [6.07, 6.45) is 0.992. The van der Waals surface area contributed by atoms with Crippen LogP contribution < -0.4 is 11.1 Å². The molecule has 0 unspecified atom stereocenters. The molecule has 0 fully saturated rings. The third-order valence-corrected chi connectivity index (χ3v) is 3.11. The first-order valence-electron chi connectivity index (χ1n) is 7.28. The maximum atomic E-state index is 13.8. The second-order valence-corrected chi connectivity index (χ2v) is 5.04. The lowest BCUT2D eigenvalue weighted by Crippen LogP contribution is -2.06. The highest BCUT2D eigenvalue weighted by Gasteiger charge is 2.31. The van der Waals surface area contributed by atoms with E-state index in [-0.39, 0.29) is 11.4 Å². The van der Waals surface area contributed by atoms with Gasteiger partial charge in [-0.15, -0.1) is 0 Å². The number of nitrogens with one attached hydrogen (secondary N) is 1. The Balaban J connectivity index is 2.29. The molecule has 4 nitrogen and oxygen atoms in total. The third kappa shape index (κ3) is 5.08. The summed E-state index contributed by atoms with van der Waals surface area (Å²) in [5.41, 5.74) is 5.37. The smallest absolute Gasteiger partial charge is 0.404 e. The zero-order valence-electron chi connectivity index (χ0n) is 13.6. The average Bonchev–Trinajstić information content (AvgIpc) is 2.60. The van der Waals surface area contributed by atoms with Crippen molar-refractivity contribution in [1.29, 1.82) is 0 Å². The highest BCUT2D eigenvalue weighted by molar-refractivity contribution is 5.84. The van der Waals surface area contributed by atoms with Gasteiger partial charge in [-0.05, 0) is 24.3 Å².